The Bertz CT molecular complexity index is 1250. The molecular formula is C25H25FN6OS. The molecule has 2 aromatic carbocycles. The molecule has 0 atom stereocenters. The van der Waals surface area contributed by atoms with E-state index in [4.69, 9.17) is 0 Å². The Kier molecular flexibility index (Phi) is 6.71. The second-order valence-corrected chi connectivity index (χ2v) is 9.25. The minimum Gasteiger partial charge on any atom is -0.310 e. The van der Waals surface area contributed by atoms with Gasteiger partial charge in [-0.25, -0.2) is 9.07 Å². The molecule has 5 rings (SSSR count). The van der Waals surface area contributed by atoms with E-state index in [0.29, 0.717) is 17.6 Å². The van der Waals surface area contributed by atoms with E-state index in [0.717, 1.165) is 35.7 Å². The molecule has 7 nitrogen and oxygen atoms in total. The summed E-state index contributed by atoms with van der Waals surface area (Å²) >= 11 is 1.30. The number of amides is 1. The molecule has 2 heterocycles. The van der Waals surface area contributed by atoms with Crippen molar-refractivity contribution in [2.24, 2.45) is 0 Å². The molecule has 0 spiro atoms. The minimum atomic E-state index is -0.311. The number of rotatable bonds is 8. The van der Waals surface area contributed by atoms with Crippen molar-refractivity contribution in [2.75, 3.05) is 11.1 Å². The number of nitrogens with one attached hydrogen (secondary N) is 1. The van der Waals surface area contributed by atoms with Crippen LogP contribution in [0, 0.1) is 5.82 Å². The van der Waals surface area contributed by atoms with Gasteiger partial charge in [0.25, 0.3) is 0 Å². The first-order valence-electron chi connectivity index (χ1n) is 11.4. The monoisotopic (exact) mass is 476 g/mol. The smallest absolute Gasteiger partial charge is 0.235 e. The molecule has 1 aliphatic rings. The van der Waals surface area contributed by atoms with Gasteiger partial charge in [0.2, 0.25) is 5.91 Å². The van der Waals surface area contributed by atoms with Crippen LogP contribution < -0.4 is 5.32 Å². The zero-order valence-corrected chi connectivity index (χ0v) is 19.4. The molecule has 174 valence electrons. The molecule has 0 saturated heterocycles. The maximum absolute atomic E-state index is 13.5. The van der Waals surface area contributed by atoms with Crippen LogP contribution in [0.2, 0.25) is 0 Å². The Morgan fingerprint density at radius 1 is 1.03 bits per heavy atom. The van der Waals surface area contributed by atoms with Crippen LogP contribution in [0.3, 0.4) is 0 Å². The third-order valence-corrected chi connectivity index (χ3v) is 6.86. The van der Waals surface area contributed by atoms with Crippen molar-refractivity contribution in [1.82, 2.24) is 24.5 Å². The van der Waals surface area contributed by atoms with E-state index in [1.807, 2.05) is 45.6 Å². The Balaban J connectivity index is 1.33. The van der Waals surface area contributed by atoms with Crippen LogP contribution >= 0.6 is 11.8 Å². The van der Waals surface area contributed by atoms with Crippen LogP contribution in [0.5, 0.6) is 0 Å². The van der Waals surface area contributed by atoms with Gasteiger partial charge in [-0.05, 0) is 42.7 Å². The Morgan fingerprint density at radius 3 is 2.56 bits per heavy atom. The summed E-state index contributed by atoms with van der Waals surface area (Å²) < 4.78 is 17.4. The topological polar surface area (TPSA) is 77.6 Å². The van der Waals surface area contributed by atoms with Gasteiger partial charge in [0.05, 0.1) is 18.0 Å². The highest BCUT2D eigenvalue weighted by atomic mass is 32.2. The predicted molar refractivity (Wildman–Crippen MR) is 130 cm³/mol. The average molecular weight is 477 g/mol. The van der Waals surface area contributed by atoms with E-state index < -0.39 is 0 Å². The van der Waals surface area contributed by atoms with Crippen molar-refractivity contribution in [3.05, 3.63) is 84.1 Å². The van der Waals surface area contributed by atoms with Crippen LogP contribution in [0.25, 0.3) is 5.69 Å². The third kappa shape index (κ3) is 5.04. The van der Waals surface area contributed by atoms with Crippen molar-refractivity contribution < 1.29 is 9.18 Å². The molecule has 1 aliphatic carbocycles. The van der Waals surface area contributed by atoms with Gasteiger partial charge in [-0.1, -0.05) is 54.9 Å². The number of hydrogen-bond acceptors (Lipinski definition) is 5. The molecule has 1 N–H and O–H groups in total. The summed E-state index contributed by atoms with van der Waals surface area (Å²) in [4.78, 5) is 12.8. The first kappa shape index (κ1) is 22.3. The number of halogens is 1. The lowest BCUT2D eigenvalue weighted by molar-refractivity contribution is -0.113. The van der Waals surface area contributed by atoms with E-state index in [1.54, 1.807) is 18.3 Å². The summed E-state index contributed by atoms with van der Waals surface area (Å²) in [6.45, 7) is 0. The molecule has 1 saturated carbocycles. The number of hydrogen-bond donors (Lipinski definition) is 1. The minimum absolute atomic E-state index is 0.136. The molecule has 34 heavy (non-hydrogen) atoms. The fourth-order valence-electron chi connectivity index (χ4n) is 4.30. The van der Waals surface area contributed by atoms with Crippen molar-refractivity contribution in [1.29, 1.82) is 0 Å². The summed E-state index contributed by atoms with van der Waals surface area (Å²) in [5.74, 6) is 1.17. The summed E-state index contributed by atoms with van der Waals surface area (Å²) in [6, 6.07) is 18.4. The summed E-state index contributed by atoms with van der Waals surface area (Å²) in [6.07, 6.45) is 6.85. The number of benzene rings is 2. The molecular weight excluding hydrogens is 451 g/mol. The fourth-order valence-corrected chi connectivity index (χ4v) is 5.07. The van der Waals surface area contributed by atoms with Crippen molar-refractivity contribution in [2.45, 2.75) is 43.3 Å². The second-order valence-electron chi connectivity index (χ2n) is 8.31. The quantitative estimate of drug-likeness (QED) is 0.361. The summed E-state index contributed by atoms with van der Waals surface area (Å²) in [7, 11) is 0. The number of aromatic nitrogens is 5. The normalized spacial score (nSPS) is 13.9. The van der Waals surface area contributed by atoms with E-state index in [-0.39, 0.29) is 17.5 Å². The second kappa shape index (κ2) is 10.2. The van der Waals surface area contributed by atoms with Gasteiger partial charge in [-0.15, -0.1) is 10.2 Å². The molecule has 0 bridgehead atoms. The lowest BCUT2D eigenvalue weighted by Gasteiger charge is -2.14. The fraction of sp³-hybridized carbons (Fsp3) is 0.280. The van der Waals surface area contributed by atoms with Gasteiger partial charge in [0.15, 0.2) is 5.16 Å². The van der Waals surface area contributed by atoms with E-state index in [2.05, 4.69) is 20.6 Å². The molecule has 1 amide bonds. The summed E-state index contributed by atoms with van der Waals surface area (Å²) in [5.41, 5.74) is 1.84. The lowest BCUT2D eigenvalue weighted by atomic mass is 10.1. The van der Waals surface area contributed by atoms with Crippen molar-refractivity contribution in [3.63, 3.8) is 0 Å². The van der Waals surface area contributed by atoms with Gasteiger partial charge in [-0.3, -0.25) is 9.36 Å². The first-order chi connectivity index (χ1) is 16.7. The van der Waals surface area contributed by atoms with Crippen molar-refractivity contribution >= 4 is 23.5 Å². The number of carbonyl (C=O) groups is 1. The lowest BCUT2D eigenvalue weighted by Crippen LogP contribution is -2.19. The van der Waals surface area contributed by atoms with Gasteiger partial charge in [0, 0.05) is 18.2 Å². The third-order valence-electron chi connectivity index (χ3n) is 5.93. The number of carbonyl (C=O) groups excluding carboxylic acids is 1. The molecule has 0 unspecified atom stereocenters. The van der Waals surface area contributed by atoms with Gasteiger partial charge >= 0.3 is 0 Å². The van der Waals surface area contributed by atoms with Crippen molar-refractivity contribution in [3.8, 4) is 5.69 Å². The Hall–Kier alpha value is -3.46. The molecule has 2 aromatic heterocycles. The van der Waals surface area contributed by atoms with Crippen LogP contribution in [0.1, 0.15) is 43.1 Å². The maximum atomic E-state index is 13.5. The van der Waals surface area contributed by atoms with Crippen LogP contribution in [0.4, 0.5) is 10.2 Å². The van der Waals surface area contributed by atoms with E-state index in [9.17, 15) is 9.18 Å². The Morgan fingerprint density at radius 2 is 1.79 bits per heavy atom. The molecule has 0 radical (unpaired) electrons. The van der Waals surface area contributed by atoms with Gasteiger partial charge in [-0.2, -0.15) is 5.10 Å². The summed E-state index contributed by atoms with van der Waals surface area (Å²) in [5, 5.41) is 16.7. The Labute approximate surface area is 201 Å². The number of nitrogens with zero attached hydrogens (tertiary/aromatic N) is 5. The number of thioether (sulfide) groups is 1. The highest BCUT2D eigenvalue weighted by Crippen LogP contribution is 2.31. The first-order valence-corrected chi connectivity index (χ1v) is 12.4. The SMILES string of the molecule is O=C(CSc1nnc(Cc2ccccc2)n1-c1ccc(F)cc1)Nc1ccnn1C1CCCC1. The zero-order valence-electron chi connectivity index (χ0n) is 18.6. The predicted octanol–water partition coefficient (Wildman–Crippen LogP) is 5.04. The standard InChI is InChI=1S/C25H25FN6OS/c26-19-10-12-20(13-11-19)31-23(16-18-6-2-1-3-7-18)29-30-25(31)34-17-24(33)28-22-14-15-27-32(22)21-8-4-5-9-21/h1-3,6-7,10-15,21H,4-5,8-9,16-17H2,(H,28,33). The molecule has 0 aliphatic heterocycles. The maximum Gasteiger partial charge on any atom is 0.235 e. The largest absolute Gasteiger partial charge is 0.310 e. The molecule has 1 fully saturated rings. The van der Waals surface area contributed by atoms with Crippen LogP contribution in [-0.4, -0.2) is 36.2 Å². The van der Waals surface area contributed by atoms with Crippen LogP contribution in [0.15, 0.2) is 72.0 Å². The van der Waals surface area contributed by atoms with E-state index in [1.165, 1.54) is 36.7 Å². The molecule has 9 heteroatoms. The van der Waals surface area contributed by atoms with Gasteiger partial charge < -0.3 is 5.32 Å². The number of anilines is 1. The molecule has 4 aromatic rings. The van der Waals surface area contributed by atoms with Crippen LogP contribution in [-0.2, 0) is 11.2 Å². The zero-order chi connectivity index (χ0) is 23.3. The highest BCUT2D eigenvalue weighted by Gasteiger charge is 2.21. The van der Waals surface area contributed by atoms with Gasteiger partial charge in [0.1, 0.15) is 17.5 Å². The highest BCUT2D eigenvalue weighted by molar-refractivity contribution is 7.99. The average Bonchev–Trinajstić information content (AvgIpc) is 3.60. The van der Waals surface area contributed by atoms with E-state index >= 15 is 0 Å².